The molecule has 0 saturated carbocycles. The van der Waals surface area contributed by atoms with Crippen LogP contribution in [0.2, 0.25) is 0 Å². The van der Waals surface area contributed by atoms with Gasteiger partial charge in [-0.2, -0.15) is 0 Å². The van der Waals surface area contributed by atoms with E-state index in [1.54, 1.807) is 24.3 Å². The molecule has 2 aliphatic heterocycles. The van der Waals surface area contributed by atoms with E-state index in [0.29, 0.717) is 16.5 Å². The van der Waals surface area contributed by atoms with Gasteiger partial charge in [0.1, 0.15) is 18.3 Å². The van der Waals surface area contributed by atoms with E-state index in [4.69, 9.17) is 4.74 Å². The molecule has 7 heteroatoms. The summed E-state index contributed by atoms with van der Waals surface area (Å²) in [5.74, 6) is -1.20. The fraction of sp³-hybridized carbons (Fsp3) is 0.294. The molecule has 124 valence electrons. The Hall–Kier alpha value is -2.32. The van der Waals surface area contributed by atoms with Gasteiger partial charge in [-0.3, -0.25) is 9.59 Å². The molecule has 4 rings (SSSR count). The predicted molar refractivity (Wildman–Crippen MR) is 82.2 cm³/mol. The van der Waals surface area contributed by atoms with Gasteiger partial charge in [0.05, 0.1) is 6.61 Å². The Bertz CT molecular complexity index is 799. The number of hydrogen-bond acceptors (Lipinski definition) is 6. The summed E-state index contributed by atoms with van der Waals surface area (Å²) in [5, 5.41) is 30.9. The summed E-state index contributed by atoms with van der Waals surface area (Å²) in [4.78, 5) is 26.4. The minimum absolute atomic E-state index is 0.286. The van der Waals surface area contributed by atoms with E-state index in [9.17, 15) is 24.9 Å². The fourth-order valence-corrected chi connectivity index (χ4v) is 3.30. The molecule has 1 fully saturated rings. The lowest BCUT2D eigenvalue weighted by Gasteiger charge is -2.41. The van der Waals surface area contributed by atoms with Crippen LogP contribution in [0.3, 0.4) is 0 Å². The number of carbonyl (C=O) groups is 2. The zero-order valence-electron chi connectivity index (χ0n) is 12.5. The minimum Gasteiger partial charge on any atom is -0.388 e. The van der Waals surface area contributed by atoms with Gasteiger partial charge in [0, 0.05) is 16.5 Å². The van der Waals surface area contributed by atoms with Crippen molar-refractivity contribution in [2.45, 2.75) is 24.5 Å². The molecule has 2 heterocycles. The van der Waals surface area contributed by atoms with Crippen molar-refractivity contribution in [1.29, 1.82) is 0 Å². The van der Waals surface area contributed by atoms with Gasteiger partial charge in [-0.25, -0.2) is 4.90 Å². The highest BCUT2D eigenvalue weighted by Crippen LogP contribution is 2.32. The Morgan fingerprint density at radius 1 is 0.917 bits per heavy atom. The molecule has 7 nitrogen and oxygen atoms in total. The van der Waals surface area contributed by atoms with Crippen molar-refractivity contribution in [3.63, 3.8) is 0 Å². The van der Waals surface area contributed by atoms with E-state index in [1.807, 2.05) is 12.1 Å². The molecule has 1 unspecified atom stereocenters. The van der Waals surface area contributed by atoms with E-state index in [2.05, 4.69) is 0 Å². The summed E-state index contributed by atoms with van der Waals surface area (Å²) in [7, 11) is 0. The zero-order chi connectivity index (χ0) is 17.0. The molecule has 24 heavy (non-hydrogen) atoms. The van der Waals surface area contributed by atoms with E-state index in [-0.39, 0.29) is 6.61 Å². The van der Waals surface area contributed by atoms with Gasteiger partial charge in [0.2, 0.25) is 0 Å². The van der Waals surface area contributed by atoms with Crippen LogP contribution in [-0.2, 0) is 4.74 Å². The Labute approximate surface area is 136 Å². The van der Waals surface area contributed by atoms with E-state index >= 15 is 0 Å². The van der Waals surface area contributed by atoms with Gasteiger partial charge in [0.25, 0.3) is 11.8 Å². The smallest absolute Gasteiger partial charge is 0.263 e. The zero-order valence-corrected chi connectivity index (χ0v) is 12.5. The third-order valence-corrected chi connectivity index (χ3v) is 4.53. The second-order valence-electron chi connectivity index (χ2n) is 5.96. The molecule has 0 aliphatic carbocycles. The number of aliphatic hydroxyl groups is 3. The average molecular weight is 329 g/mol. The molecule has 0 radical (unpaired) electrons. The van der Waals surface area contributed by atoms with Gasteiger partial charge in [-0.15, -0.1) is 0 Å². The lowest BCUT2D eigenvalue weighted by molar-refractivity contribution is -0.212. The predicted octanol–water partition coefficient (Wildman–Crippen LogP) is -0.125. The monoisotopic (exact) mass is 329 g/mol. The maximum atomic E-state index is 12.8. The first-order valence-electron chi connectivity index (χ1n) is 7.56. The van der Waals surface area contributed by atoms with Crippen LogP contribution in [0, 0.1) is 0 Å². The largest absolute Gasteiger partial charge is 0.388 e. The van der Waals surface area contributed by atoms with Crippen molar-refractivity contribution < 1.29 is 29.6 Å². The van der Waals surface area contributed by atoms with Gasteiger partial charge in [-0.05, 0) is 17.5 Å². The van der Waals surface area contributed by atoms with Crippen LogP contribution in [0.5, 0.6) is 0 Å². The molecular formula is C17H15NO6. The first kappa shape index (κ1) is 15.2. The normalized spacial score (nSPS) is 30.0. The Morgan fingerprint density at radius 3 is 2.08 bits per heavy atom. The number of imide groups is 1. The number of rotatable bonds is 1. The van der Waals surface area contributed by atoms with Gasteiger partial charge in [0.15, 0.2) is 6.23 Å². The van der Waals surface area contributed by atoms with Crippen molar-refractivity contribution in [1.82, 2.24) is 4.90 Å². The van der Waals surface area contributed by atoms with Gasteiger partial charge >= 0.3 is 0 Å². The Kier molecular flexibility index (Phi) is 3.40. The highest BCUT2D eigenvalue weighted by atomic mass is 16.5. The summed E-state index contributed by atoms with van der Waals surface area (Å²) in [5.41, 5.74) is 0.665. The molecule has 0 aromatic heterocycles. The Morgan fingerprint density at radius 2 is 1.50 bits per heavy atom. The summed E-state index contributed by atoms with van der Waals surface area (Å²) in [6.07, 6.45) is -5.72. The number of aliphatic hydroxyl groups excluding tert-OH is 3. The van der Waals surface area contributed by atoms with Crippen LogP contribution < -0.4 is 0 Å². The third kappa shape index (κ3) is 1.99. The van der Waals surface area contributed by atoms with Crippen molar-refractivity contribution in [2.75, 3.05) is 6.61 Å². The van der Waals surface area contributed by atoms with Crippen molar-refractivity contribution in [3.05, 3.63) is 47.5 Å². The first-order chi connectivity index (χ1) is 11.5. The lowest BCUT2D eigenvalue weighted by Crippen LogP contribution is -2.62. The van der Waals surface area contributed by atoms with Crippen LogP contribution >= 0.6 is 0 Å². The van der Waals surface area contributed by atoms with Crippen LogP contribution in [0.1, 0.15) is 20.7 Å². The second kappa shape index (κ2) is 5.35. The van der Waals surface area contributed by atoms with Crippen LogP contribution in [-0.4, -0.2) is 63.2 Å². The molecule has 2 aliphatic rings. The molecule has 2 amide bonds. The fourth-order valence-electron chi connectivity index (χ4n) is 3.30. The summed E-state index contributed by atoms with van der Waals surface area (Å²) in [6, 6.07) is 10.3. The highest BCUT2D eigenvalue weighted by molar-refractivity contribution is 6.25. The van der Waals surface area contributed by atoms with Crippen molar-refractivity contribution in [3.8, 4) is 0 Å². The number of hydrogen-bond donors (Lipinski definition) is 3. The number of carbonyl (C=O) groups excluding carboxylic acids is 2. The van der Waals surface area contributed by atoms with Gasteiger partial charge < -0.3 is 20.1 Å². The number of ether oxygens (including phenoxy) is 1. The molecule has 2 aromatic carbocycles. The molecule has 4 atom stereocenters. The summed E-state index contributed by atoms with van der Waals surface area (Å²) in [6.45, 7) is -0.286. The maximum absolute atomic E-state index is 12.8. The van der Waals surface area contributed by atoms with E-state index in [0.717, 1.165) is 10.3 Å². The molecule has 1 saturated heterocycles. The summed E-state index contributed by atoms with van der Waals surface area (Å²) < 4.78 is 5.29. The maximum Gasteiger partial charge on any atom is 0.263 e. The molecule has 2 aromatic rings. The molecule has 0 spiro atoms. The molecule has 0 bridgehead atoms. The second-order valence-corrected chi connectivity index (χ2v) is 5.96. The standard InChI is InChI=1S/C17H15NO6/c19-11-7-24-17(14(21)13(11)20)18-15(22)9-5-1-3-8-4-2-6-10(12(8)9)16(18)23/h1-6,11,13-14,17,19-21H,7H2/t11-,13-,14+,17?/m1/s1. The van der Waals surface area contributed by atoms with Crippen LogP contribution in [0.15, 0.2) is 36.4 Å². The topological polar surface area (TPSA) is 107 Å². The SMILES string of the molecule is O=C1c2cccc3cccc(c23)C(=O)N1C1OC[C@@H](O)[C@@H](O)[C@@H]1O. The third-order valence-electron chi connectivity index (χ3n) is 4.53. The minimum atomic E-state index is -1.59. The van der Waals surface area contributed by atoms with E-state index in [1.165, 1.54) is 0 Å². The first-order valence-corrected chi connectivity index (χ1v) is 7.56. The average Bonchev–Trinajstić information content (AvgIpc) is 2.59. The molecule has 3 N–H and O–H groups in total. The Balaban J connectivity index is 1.83. The van der Waals surface area contributed by atoms with E-state index < -0.39 is 36.4 Å². The highest BCUT2D eigenvalue weighted by Gasteiger charge is 2.47. The van der Waals surface area contributed by atoms with Crippen molar-refractivity contribution in [2.24, 2.45) is 0 Å². The quantitative estimate of drug-likeness (QED) is 0.630. The van der Waals surface area contributed by atoms with Crippen molar-refractivity contribution >= 4 is 22.6 Å². The molecular weight excluding hydrogens is 314 g/mol. The number of nitrogens with zero attached hydrogens (tertiary/aromatic N) is 1. The number of amides is 2. The van der Waals surface area contributed by atoms with Crippen LogP contribution in [0.25, 0.3) is 10.8 Å². The lowest BCUT2D eigenvalue weighted by atomic mass is 9.93. The summed E-state index contributed by atoms with van der Waals surface area (Å²) >= 11 is 0. The van der Waals surface area contributed by atoms with Gasteiger partial charge in [-0.1, -0.05) is 24.3 Å². The number of benzene rings is 2. The van der Waals surface area contributed by atoms with Crippen LogP contribution in [0.4, 0.5) is 0 Å².